The Morgan fingerprint density at radius 1 is 0.900 bits per heavy atom. The van der Waals surface area contributed by atoms with Crippen molar-refractivity contribution >= 4 is 17.6 Å². The van der Waals surface area contributed by atoms with Crippen LogP contribution in [0.1, 0.15) is 42.5 Å². The summed E-state index contributed by atoms with van der Waals surface area (Å²) in [7, 11) is 0. The zero-order chi connectivity index (χ0) is 20.9. The largest absolute Gasteiger partial charge is 0.342 e. The predicted molar refractivity (Wildman–Crippen MR) is 116 cm³/mol. The van der Waals surface area contributed by atoms with Crippen molar-refractivity contribution in [2.75, 3.05) is 26.2 Å². The van der Waals surface area contributed by atoms with E-state index in [-0.39, 0.29) is 23.5 Å². The van der Waals surface area contributed by atoms with Crippen molar-refractivity contribution in [3.63, 3.8) is 0 Å². The smallest absolute Gasteiger partial charge is 0.224 e. The van der Waals surface area contributed by atoms with E-state index in [0.29, 0.717) is 38.0 Å². The van der Waals surface area contributed by atoms with Crippen LogP contribution < -0.4 is 0 Å². The van der Waals surface area contributed by atoms with Gasteiger partial charge in [-0.25, -0.2) is 0 Å². The summed E-state index contributed by atoms with van der Waals surface area (Å²) in [5, 5.41) is 0. The fraction of sp³-hybridized carbons (Fsp3) is 0.400. The molecule has 2 fully saturated rings. The zero-order valence-corrected chi connectivity index (χ0v) is 17.3. The molecule has 5 nitrogen and oxygen atoms in total. The highest BCUT2D eigenvalue weighted by Crippen LogP contribution is 2.24. The molecule has 5 heteroatoms. The quantitative estimate of drug-likeness (QED) is 0.689. The highest BCUT2D eigenvalue weighted by atomic mass is 16.2. The number of hydrogen-bond donors (Lipinski definition) is 0. The van der Waals surface area contributed by atoms with Gasteiger partial charge in [0.1, 0.15) is 0 Å². The van der Waals surface area contributed by atoms with Gasteiger partial charge in [0.2, 0.25) is 11.8 Å². The number of ketones is 1. The number of benzene rings is 2. The second kappa shape index (κ2) is 9.24. The summed E-state index contributed by atoms with van der Waals surface area (Å²) in [5.41, 5.74) is 2.92. The third kappa shape index (κ3) is 4.61. The number of carbonyl (C=O) groups excluding carboxylic acids is 3. The molecule has 2 aliphatic rings. The molecule has 0 saturated carbocycles. The Kier molecular flexibility index (Phi) is 6.26. The van der Waals surface area contributed by atoms with E-state index in [2.05, 4.69) is 12.1 Å². The van der Waals surface area contributed by atoms with Gasteiger partial charge in [0.15, 0.2) is 5.78 Å². The average Bonchev–Trinajstić information content (AvgIpc) is 3.22. The minimum atomic E-state index is -0.154. The van der Waals surface area contributed by atoms with Gasteiger partial charge in [0, 0.05) is 50.5 Å². The molecule has 1 atom stereocenters. The third-order valence-corrected chi connectivity index (χ3v) is 6.19. The van der Waals surface area contributed by atoms with E-state index >= 15 is 0 Å². The maximum atomic E-state index is 13.0. The zero-order valence-electron chi connectivity index (χ0n) is 17.3. The molecule has 0 bridgehead atoms. The molecule has 0 unspecified atom stereocenters. The lowest BCUT2D eigenvalue weighted by atomic mass is 9.89. The lowest BCUT2D eigenvalue weighted by Gasteiger charge is -2.32. The van der Waals surface area contributed by atoms with Gasteiger partial charge in [-0.05, 0) is 30.4 Å². The summed E-state index contributed by atoms with van der Waals surface area (Å²) < 4.78 is 0. The summed E-state index contributed by atoms with van der Waals surface area (Å²) in [6.07, 6.45) is 3.48. The van der Waals surface area contributed by atoms with Crippen LogP contribution in [0.4, 0.5) is 0 Å². The summed E-state index contributed by atoms with van der Waals surface area (Å²) >= 11 is 0. The first-order chi connectivity index (χ1) is 14.6. The molecular weight excluding hydrogens is 376 g/mol. The van der Waals surface area contributed by atoms with Gasteiger partial charge >= 0.3 is 0 Å². The lowest BCUT2D eigenvalue weighted by Crippen LogP contribution is -2.43. The van der Waals surface area contributed by atoms with E-state index in [0.717, 1.165) is 36.9 Å². The molecule has 0 aliphatic carbocycles. The molecule has 2 aromatic rings. The fourth-order valence-corrected chi connectivity index (χ4v) is 4.44. The van der Waals surface area contributed by atoms with Crippen LogP contribution in [0.3, 0.4) is 0 Å². The predicted octanol–water partition coefficient (Wildman–Crippen LogP) is 3.79. The highest BCUT2D eigenvalue weighted by Gasteiger charge is 2.29. The molecule has 2 aliphatic heterocycles. The average molecular weight is 405 g/mol. The Hall–Kier alpha value is -2.95. The molecular formula is C25H28N2O3. The summed E-state index contributed by atoms with van der Waals surface area (Å²) in [5.74, 6) is 0.153. The number of piperidine rings is 1. The van der Waals surface area contributed by atoms with Crippen LogP contribution in [0.5, 0.6) is 0 Å². The monoisotopic (exact) mass is 404 g/mol. The van der Waals surface area contributed by atoms with E-state index in [1.807, 2.05) is 47.4 Å². The van der Waals surface area contributed by atoms with Crippen molar-refractivity contribution in [1.29, 1.82) is 0 Å². The standard InChI is InChI=1S/C25H28N2O3/c28-23-9-5-15-26(23)17-14-24(29)27-16-4-8-22(18-27)25(30)21-12-10-20(11-13-21)19-6-2-1-3-7-19/h1-3,6-7,10-13,22H,4-5,8-9,14-18H2/t22-/m1/s1. The minimum absolute atomic E-state index is 0.0478. The molecule has 0 N–H and O–H groups in total. The molecule has 30 heavy (non-hydrogen) atoms. The first-order valence-electron chi connectivity index (χ1n) is 10.9. The molecule has 2 saturated heterocycles. The first kappa shape index (κ1) is 20.3. The van der Waals surface area contributed by atoms with E-state index in [4.69, 9.17) is 0 Å². The summed E-state index contributed by atoms with van der Waals surface area (Å²) in [6.45, 7) is 2.43. The van der Waals surface area contributed by atoms with Crippen LogP contribution in [0.25, 0.3) is 11.1 Å². The van der Waals surface area contributed by atoms with Crippen LogP contribution in [0.2, 0.25) is 0 Å². The van der Waals surface area contributed by atoms with Gasteiger partial charge in [0.05, 0.1) is 0 Å². The topological polar surface area (TPSA) is 57.7 Å². The van der Waals surface area contributed by atoms with Gasteiger partial charge < -0.3 is 9.80 Å². The van der Waals surface area contributed by atoms with E-state index in [9.17, 15) is 14.4 Å². The van der Waals surface area contributed by atoms with Crippen molar-refractivity contribution in [3.05, 3.63) is 60.2 Å². The van der Waals surface area contributed by atoms with Crippen molar-refractivity contribution in [2.45, 2.75) is 32.1 Å². The Morgan fingerprint density at radius 3 is 2.33 bits per heavy atom. The fourth-order valence-electron chi connectivity index (χ4n) is 4.44. The number of Topliss-reactive ketones (excluding diaryl/α,β-unsaturated/α-hetero) is 1. The number of rotatable bonds is 6. The Bertz CT molecular complexity index is 908. The first-order valence-corrected chi connectivity index (χ1v) is 10.9. The maximum Gasteiger partial charge on any atom is 0.224 e. The van der Waals surface area contributed by atoms with Crippen molar-refractivity contribution in [1.82, 2.24) is 9.80 Å². The van der Waals surface area contributed by atoms with Gasteiger partial charge in [-0.15, -0.1) is 0 Å². The molecule has 4 rings (SSSR count). The van der Waals surface area contributed by atoms with Crippen molar-refractivity contribution in [3.8, 4) is 11.1 Å². The molecule has 0 aromatic heterocycles. The van der Waals surface area contributed by atoms with Crippen LogP contribution in [-0.2, 0) is 9.59 Å². The highest BCUT2D eigenvalue weighted by molar-refractivity contribution is 5.98. The molecule has 2 heterocycles. The third-order valence-electron chi connectivity index (χ3n) is 6.19. The summed E-state index contributed by atoms with van der Waals surface area (Å²) in [6, 6.07) is 17.9. The summed E-state index contributed by atoms with van der Waals surface area (Å²) in [4.78, 5) is 41.0. The number of amides is 2. The number of likely N-dealkylation sites (tertiary alicyclic amines) is 2. The number of carbonyl (C=O) groups is 3. The van der Waals surface area contributed by atoms with E-state index in [1.54, 1.807) is 4.90 Å². The molecule has 2 aromatic carbocycles. The van der Waals surface area contributed by atoms with Crippen molar-refractivity contribution in [2.24, 2.45) is 5.92 Å². The van der Waals surface area contributed by atoms with Crippen molar-refractivity contribution < 1.29 is 14.4 Å². The van der Waals surface area contributed by atoms with Crippen LogP contribution in [-0.4, -0.2) is 53.6 Å². The minimum Gasteiger partial charge on any atom is -0.342 e. The lowest BCUT2D eigenvalue weighted by molar-refractivity contribution is -0.134. The molecule has 0 spiro atoms. The molecule has 0 radical (unpaired) electrons. The SMILES string of the molecule is O=C(c1ccc(-c2ccccc2)cc1)[C@@H]1CCCN(C(=O)CCN2CCCC2=O)C1. The number of nitrogens with zero attached hydrogens (tertiary/aromatic N) is 2. The van der Waals surface area contributed by atoms with Gasteiger partial charge in [0.25, 0.3) is 0 Å². The Balaban J connectivity index is 1.35. The van der Waals surface area contributed by atoms with Gasteiger partial charge in [-0.2, -0.15) is 0 Å². The van der Waals surface area contributed by atoms with Crippen LogP contribution in [0, 0.1) is 5.92 Å². The molecule has 156 valence electrons. The van der Waals surface area contributed by atoms with Crippen LogP contribution >= 0.6 is 0 Å². The number of hydrogen-bond acceptors (Lipinski definition) is 3. The Morgan fingerprint density at radius 2 is 1.63 bits per heavy atom. The second-order valence-electron chi connectivity index (χ2n) is 8.22. The second-order valence-corrected chi connectivity index (χ2v) is 8.22. The normalized spacial score (nSPS) is 19.2. The van der Waals surface area contributed by atoms with Gasteiger partial charge in [-0.1, -0.05) is 54.6 Å². The molecule has 2 amide bonds. The maximum absolute atomic E-state index is 13.0. The van der Waals surface area contributed by atoms with Crippen LogP contribution in [0.15, 0.2) is 54.6 Å². The van der Waals surface area contributed by atoms with E-state index in [1.165, 1.54) is 0 Å². The van der Waals surface area contributed by atoms with E-state index < -0.39 is 0 Å². The Labute approximate surface area is 177 Å². The van der Waals surface area contributed by atoms with Gasteiger partial charge in [-0.3, -0.25) is 14.4 Å².